The lowest BCUT2D eigenvalue weighted by molar-refractivity contribution is 0.0496. The summed E-state index contributed by atoms with van der Waals surface area (Å²) in [5, 5.41) is 12.8. The molecule has 0 spiro atoms. The van der Waals surface area contributed by atoms with Gasteiger partial charge in [-0.05, 0) is 19.1 Å². The van der Waals surface area contributed by atoms with Gasteiger partial charge in [-0.1, -0.05) is 0 Å². The molecule has 106 valence electrons. The van der Waals surface area contributed by atoms with Gasteiger partial charge in [0.15, 0.2) is 11.5 Å². The maximum Gasteiger partial charge on any atom is 0.163 e. The van der Waals surface area contributed by atoms with Crippen molar-refractivity contribution in [2.75, 3.05) is 38.3 Å². The maximum absolute atomic E-state index is 9.68. The smallest absolute Gasteiger partial charge is 0.163 e. The van der Waals surface area contributed by atoms with Crippen molar-refractivity contribution in [2.24, 2.45) is 0 Å². The van der Waals surface area contributed by atoms with Crippen LogP contribution in [0.2, 0.25) is 0 Å². The van der Waals surface area contributed by atoms with Gasteiger partial charge in [0.05, 0.1) is 25.9 Å². The van der Waals surface area contributed by atoms with Gasteiger partial charge in [-0.3, -0.25) is 0 Å². The summed E-state index contributed by atoms with van der Waals surface area (Å²) >= 11 is 0. The maximum atomic E-state index is 9.68. The second-order valence-corrected chi connectivity index (χ2v) is 4.41. The van der Waals surface area contributed by atoms with Crippen LogP contribution in [0.25, 0.3) is 0 Å². The summed E-state index contributed by atoms with van der Waals surface area (Å²) in [4.78, 5) is 0. The van der Waals surface area contributed by atoms with Crippen LogP contribution in [-0.4, -0.2) is 44.2 Å². The molecule has 1 unspecified atom stereocenters. The normalized spacial score (nSPS) is 15.7. The second-order valence-electron chi connectivity index (χ2n) is 4.41. The molecule has 0 bridgehead atoms. The summed E-state index contributed by atoms with van der Waals surface area (Å²) in [6.07, 6.45) is 0.376. The van der Waals surface area contributed by atoms with E-state index in [2.05, 4.69) is 5.32 Å². The first-order chi connectivity index (χ1) is 9.29. The molecule has 1 aromatic carbocycles. The van der Waals surface area contributed by atoms with Gasteiger partial charge in [0.1, 0.15) is 0 Å². The molecule has 2 N–H and O–H groups in total. The average molecular weight is 267 g/mol. The molecule has 1 aliphatic rings. The third kappa shape index (κ3) is 4.29. The van der Waals surface area contributed by atoms with Gasteiger partial charge in [-0.15, -0.1) is 0 Å². The Hall–Kier alpha value is -1.46. The van der Waals surface area contributed by atoms with E-state index in [9.17, 15) is 5.11 Å². The highest BCUT2D eigenvalue weighted by Gasteiger charge is 2.11. The molecule has 0 aliphatic carbocycles. The molecule has 1 aliphatic heterocycles. The molecule has 2 rings (SSSR count). The fourth-order valence-corrected chi connectivity index (χ4v) is 1.82. The van der Waals surface area contributed by atoms with E-state index >= 15 is 0 Å². The molecule has 1 heterocycles. The third-order valence-corrected chi connectivity index (χ3v) is 2.80. The highest BCUT2D eigenvalue weighted by Crippen LogP contribution is 2.32. The van der Waals surface area contributed by atoms with Crippen molar-refractivity contribution in [1.29, 1.82) is 0 Å². The Morgan fingerprint density at radius 3 is 2.89 bits per heavy atom. The number of ether oxygens (including phenoxy) is 3. The van der Waals surface area contributed by atoms with Crippen LogP contribution in [-0.2, 0) is 4.74 Å². The Bertz CT molecular complexity index is 397. The minimum absolute atomic E-state index is 0.341. The number of nitrogens with one attached hydrogen (secondary N) is 1. The van der Waals surface area contributed by atoms with Crippen LogP contribution in [0.4, 0.5) is 5.69 Å². The molecule has 0 radical (unpaired) electrons. The number of rotatable bonds is 6. The number of hydrogen-bond acceptors (Lipinski definition) is 5. The SMILES string of the molecule is CCOCC(O)CNc1ccc2c(c1)OCCCO2. The van der Waals surface area contributed by atoms with Crippen molar-refractivity contribution in [3.8, 4) is 11.5 Å². The third-order valence-electron chi connectivity index (χ3n) is 2.80. The second kappa shape index (κ2) is 7.21. The van der Waals surface area contributed by atoms with E-state index < -0.39 is 6.10 Å². The first-order valence-electron chi connectivity index (χ1n) is 6.69. The molecule has 0 amide bonds. The highest BCUT2D eigenvalue weighted by atomic mass is 16.5. The lowest BCUT2D eigenvalue weighted by atomic mass is 10.2. The van der Waals surface area contributed by atoms with E-state index in [0.29, 0.717) is 33.0 Å². The first-order valence-corrected chi connectivity index (χ1v) is 6.69. The van der Waals surface area contributed by atoms with Crippen LogP contribution >= 0.6 is 0 Å². The highest BCUT2D eigenvalue weighted by molar-refractivity contribution is 5.55. The molecule has 0 fully saturated rings. The van der Waals surface area contributed by atoms with Gasteiger partial charge < -0.3 is 24.6 Å². The molecule has 19 heavy (non-hydrogen) atoms. The fraction of sp³-hybridized carbons (Fsp3) is 0.571. The number of aliphatic hydroxyl groups excluding tert-OH is 1. The minimum atomic E-state index is -0.518. The predicted molar refractivity (Wildman–Crippen MR) is 73.0 cm³/mol. The van der Waals surface area contributed by atoms with Crippen molar-refractivity contribution < 1.29 is 19.3 Å². The Morgan fingerprint density at radius 2 is 2.11 bits per heavy atom. The number of aliphatic hydroxyl groups is 1. The molecule has 0 saturated carbocycles. The molecule has 0 aromatic heterocycles. The fourth-order valence-electron chi connectivity index (χ4n) is 1.82. The molecule has 0 saturated heterocycles. The van der Waals surface area contributed by atoms with Crippen LogP contribution in [0.15, 0.2) is 18.2 Å². The summed E-state index contributed by atoms with van der Waals surface area (Å²) in [5.74, 6) is 1.53. The quantitative estimate of drug-likeness (QED) is 0.821. The van der Waals surface area contributed by atoms with E-state index in [1.165, 1.54) is 0 Å². The van der Waals surface area contributed by atoms with Crippen molar-refractivity contribution >= 4 is 5.69 Å². The summed E-state index contributed by atoms with van der Waals surface area (Å²) in [6, 6.07) is 5.70. The number of fused-ring (bicyclic) bond motifs is 1. The molecule has 1 atom stereocenters. The summed E-state index contributed by atoms with van der Waals surface area (Å²) in [6.45, 7) is 4.66. The van der Waals surface area contributed by atoms with Gasteiger partial charge in [0.25, 0.3) is 0 Å². The van der Waals surface area contributed by atoms with Crippen LogP contribution in [0, 0.1) is 0 Å². The summed E-state index contributed by atoms with van der Waals surface area (Å²) in [5.41, 5.74) is 0.903. The van der Waals surface area contributed by atoms with Crippen molar-refractivity contribution in [3.63, 3.8) is 0 Å². The Labute approximate surface area is 113 Å². The number of anilines is 1. The van der Waals surface area contributed by atoms with E-state index in [1.54, 1.807) is 0 Å². The first kappa shape index (κ1) is 14.0. The van der Waals surface area contributed by atoms with Gasteiger partial charge >= 0.3 is 0 Å². The standard InChI is InChI=1S/C14H21NO4/c1-2-17-10-12(16)9-15-11-4-5-13-14(8-11)19-7-3-6-18-13/h4-5,8,12,15-16H,2-3,6-7,9-10H2,1H3. The predicted octanol–water partition coefficient (Wildman–Crippen LogP) is 1.66. The van der Waals surface area contributed by atoms with Gasteiger partial charge in [0.2, 0.25) is 0 Å². The monoisotopic (exact) mass is 267 g/mol. The van der Waals surface area contributed by atoms with Crippen LogP contribution in [0.3, 0.4) is 0 Å². The average Bonchev–Trinajstić information content (AvgIpc) is 2.67. The van der Waals surface area contributed by atoms with Crippen molar-refractivity contribution in [2.45, 2.75) is 19.4 Å². The van der Waals surface area contributed by atoms with E-state index in [-0.39, 0.29) is 0 Å². The van der Waals surface area contributed by atoms with Crippen molar-refractivity contribution in [3.05, 3.63) is 18.2 Å². The van der Waals surface area contributed by atoms with E-state index in [0.717, 1.165) is 23.6 Å². The van der Waals surface area contributed by atoms with Crippen LogP contribution in [0.5, 0.6) is 11.5 Å². The Balaban J connectivity index is 1.89. The lowest BCUT2D eigenvalue weighted by Gasteiger charge is -2.14. The minimum Gasteiger partial charge on any atom is -0.490 e. The summed E-state index contributed by atoms with van der Waals surface area (Å²) < 4.78 is 16.3. The number of benzene rings is 1. The molecule has 5 heteroatoms. The zero-order valence-corrected chi connectivity index (χ0v) is 11.2. The zero-order valence-electron chi connectivity index (χ0n) is 11.2. The van der Waals surface area contributed by atoms with Crippen molar-refractivity contribution in [1.82, 2.24) is 0 Å². The van der Waals surface area contributed by atoms with E-state index in [1.807, 2.05) is 25.1 Å². The molecular weight excluding hydrogens is 246 g/mol. The zero-order chi connectivity index (χ0) is 13.5. The van der Waals surface area contributed by atoms with Gasteiger partial charge in [-0.25, -0.2) is 0 Å². The Kier molecular flexibility index (Phi) is 5.30. The lowest BCUT2D eigenvalue weighted by Crippen LogP contribution is -2.24. The van der Waals surface area contributed by atoms with Gasteiger partial charge in [-0.2, -0.15) is 0 Å². The molecule has 5 nitrogen and oxygen atoms in total. The van der Waals surface area contributed by atoms with Gasteiger partial charge in [0, 0.05) is 31.3 Å². The van der Waals surface area contributed by atoms with Crippen LogP contribution < -0.4 is 14.8 Å². The largest absolute Gasteiger partial charge is 0.490 e. The molecular formula is C14H21NO4. The van der Waals surface area contributed by atoms with Crippen LogP contribution in [0.1, 0.15) is 13.3 Å². The topological polar surface area (TPSA) is 60.0 Å². The summed E-state index contributed by atoms with van der Waals surface area (Å²) in [7, 11) is 0. The molecule has 1 aromatic rings. The number of hydrogen-bond donors (Lipinski definition) is 2. The Morgan fingerprint density at radius 1 is 1.32 bits per heavy atom. The van der Waals surface area contributed by atoms with E-state index in [4.69, 9.17) is 14.2 Å².